The molecule has 0 aliphatic carbocycles. The monoisotopic (exact) mass is 736 g/mol. The summed E-state index contributed by atoms with van der Waals surface area (Å²) in [5.74, 6) is -1.90. The molecular weight excluding hydrogens is 688 g/mol. The molecule has 0 radical (unpaired) electrons. The van der Waals surface area contributed by atoms with Crippen LogP contribution in [0.25, 0.3) is 0 Å². The standard InChI is InChI=1S/C44H48O10/c1-48-39-22-18-37(19-23-39)27-50-32-43(47,33-51-28-38-20-24-40(49-2)25-21-38)44(53-30-35-14-8-4-9-15-35,54-31-36-16-10-5-11-17-36)26-41(42(45)46)52-29-34-12-6-3-7-13-34/h3-25,41,47H,26-33H2,1-2H3,(H,45,46). The van der Waals surface area contributed by atoms with E-state index < -0.39 is 29.9 Å². The molecule has 1 unspecified atom stereocenters. The van der Waals surface area contributed by atoms with E-state index in [9.17, 15) is 15.0 Å². The smallest absolute Gasteiger partial charge is 0.333 e. The number of hydrogen-bond acceptors (Lipinski definition) is 9. The van der Waals surface area contributed by atoms with Crippen molar-refractivity contribution in [1.82, 2.24) is 0 Å². The lowest BCUT2D eigenvalue weighted by Gasteiger charge is -2.47. The highest BCUT2D eigenvalue weighted by Crippen LogP contribution is 2.38. The maximum Gasteiger partial charge on any atom is 0.333 e. The van der Waals surface area contributed by atoms with Gasteiger partial charge in [0, 0.05) is 6.42 Å². The topological polar surface area (TPSA) is 122 Å². The summed E-state index contributed by atoms with van der Waals surface area (Å²) in [4.78, 5) is 13.0. The predicted molar refractivity (Wildman–Crippen MR) is 203 cm³/mol. The highest BCUT2D eigenvalue weighted by molar-refractivity contribution is 5.72. The van der Waals surface area contributed by atoms with Crippen molar-refractivity contribution in [1.29, 1.82) is 0 Å². The van der Waals surface area contributed by atoms with Gasteiger partial charge in [-0.05, 0) is 52.1 Å². The van der Waals surface area contributed by atoms with Gasteiger partial charge in [-0.2, -0.15) is 0 Å². The van der Waals surface area contributed by atoms with Crippen LogP contribution >= 0.6 is 0 Å². The van der Waals surface area contributed by atoms with Crippen molar-refractivity contribution >= 4 is 5.97 Å². The first-order valence-corrected chi connectivity index (χ1v) is 17.7. The third-order valence-electron chi connectivity index (χ3n) is 8.90. The van der Waals surface area contributed by atoms with Crippen LogP contribution in [0.4, 0.5) is 0 Å². The first kappa shape index (κ1) is 40.1. The lowest BCUT2D eigenvalue weighted by atomic mass is 9.88. The van der Waals surface area contributed by atoms with Gasteiger partial charge in [-0.3, -0.25) is 0 Å². The molecule has 54 heavy (non-hydrogen) atoms. The van der Waals surface area contributed by atoms with E-state index in [-0.39, 0.29) is 46.2 Å². The number of benzene rings is 5. The first-order valence-electron chi connectivity index (χ1n) is 17.7. The summed E-state index contributed by atoms with van der Waals surface area (Å²) >= 11 is 0. The quantitative estimate of drug-likeness (QED) is 0.0658. The first-order chi connectivity index (χ1) is 26.3. The highest BCUT2D eigenvalue weighted by atomic mass is 16.7. The summed E-state index contributed by atoms with van der Waals surface area (Å²) < 4.78 is 42.5. The van der Waals surface area contributed by atoms with E-state index in [4.69, 9.17) is 33.2 Å². The minimum Gasteiger partial charge on any atom is -0.497 e. The van der Waals surface area contributed by atoms with Gasteiger partial charge in [0.05, 0.1) is 60.5 Å². The van der Waals surface area contributed by atoms with Crippen molar-refractivity contribution < 1.29 is 48.2 Å². The lowest BCUT2D eigenvalue weighted by Crippen LogP contribution is -2.64. The Balaban J connectivity index is 1.53. The third-order valence-corrected chi connectivity index (χ3v) is 8.90. The number of aliphatic carboxylic acids is 1. The Morgan fingerprint density at radius 2 is 0.907 bits per heavy atom. The second-order valence-corrected chi connectivity index (χ2v) is 12.8. The van der Waals surface area contributed by atoms with Crippen molar-refractivity contribution in [2.45, 2.75) is 56.9 Å². The van der Waals surface area contributed by atoms with Crippen LogP contribution in [-0.2, 0) is 61.5 Å². The second-order valence-electron chi connectivity index (χ2n) is 12.8. The van der Waals surface area contributed by atoms with Gasteiger partial charge in [-0.1, -0.05) is 115 Å². The van der Waals surface area contributed by atoms with Crippen LogP contribution in [-0.4, -0.2) is 61.1 Å². The molecule has 10 nitrogen and oxygen atoms in total. The number of hydrogen-bond donors (Lipinski definition) is 2. The van der Waals surface area contributed by atoms with Crippen molar-refractivity contribution in [3.05, 3.63) is 167 Å². The SMILES string of the molecule is COc1ccc(COCC(O)(COCc2ccc(OC)cc2)C(CC(OCc2ccccc2)C(=O)O)(OCc2ccccc2)OCc2ccccc2)cc1. The molecule has 0 aliphatic heterocycles. The molecule has 1 atom stereocenters. The van der Waals surface area contributed by atoms with Gasteiger partial charge in [-0.15, -0.1) is 0 Å². The van der Waals surface area contributed by atoms with Crippen LogP contribution in [0.1, 0.15) is 34.2 Å². The minimum atomic E-state index is -2.08. The zero-order valence-electron chi connectivity index (χ0n) is 30.7. The van der Waals surface area contributed by atoms with Gasteiger partial charge < -0.3 is 43.4 Å². The lowest BCUT2D eigenvalue weighted by molar-refractivity contribution is -0.357. The Morgan fingerprint density at radius 3 is 1.28 bits per heavy atom. The van der Waals surface area contributed by atoms with Crippen molar-refractivity contribution in [2.24, 2.45) is 0 Å². The molecule has 5 rings (SSSR count). The molecule has 5 aromatic rings. The van der Waals surface area contributed by atoms with Crippen molar-refractivity contribution in [3.8, 4) is 11.5 Å². The van der Waals surface area contributed by atoms with Crippen LogP contribution in [0.15, 0.2) is 140 Å². The number of carboxylic acid groups (broad SMARTS) is 1. The molecule has 0 heterocycles. The molecule has 5 aromatic carbocycles. The molecule has 0 saturated carbocycles. The van der Waals surface area contributed by atoms with E-state index in [1.165, 1.54) is 0 Å². The van der Waals surface area contributed by atoms with E-state index in [0.717, 1.165) is 27.8 Å². The fraction of sp³-hybridized carbons (Fsp3) is 0.295. The fourth-order valence-corrected chi connectivity index (χ4v) is 5.78. The molecule has 10 heteroatoms. The molecule has 0 amide bonds. The van der Waals surface area contributed by atoms with Gasteiger partial charge >= 0.3 is 5.97 Å². The summed E-state index contributed by atoms with van der Waals surface area (Å²) in [6, 6.07) is 42.8. The number of carbonyl (C=O) groups is 1. The molecule has 0 aromatic heterocycles. The van der Waals surface area contributed by atoms with E-state index in [2.05, 4.69) is 0 Å². The van der Waals surface area contributed by atoms with Crippen LogP contribution in [0.3, 0.4) is 0 Å². The van der Waals surface area contributed by atoms with Gasteiger partial charge in [-0.25, -0.2) is 4.79 Å². The molecule has 0 fully saturated rings. The Bertz CT molecular complexity index is 1700. The maximum absolute atomic E-state index is 13.0. The van der Waals surface area contributed by atoms with Crippen molar-refractivity contribution in [3.63, 3.8) is 0 Å². The van der Waals surface area contributed by atoms with Gasteiger partial charge in [0.2, 0.25) is 5.79 Å². The number of aliphatic hydroxyl groups is 1. The Labute approximate surface area is 316 Å². The molecule has 0 spiro atoms. The van der Waals surface area contributed by atoms with Crippen LogP contribution in [0.2, 0.25) is 0 Å². The van der Waals surface area contributed by atoms with E-state index in [1.807, 2.05) is 140 Å². The van der Waals surface area contributed by atoms with E-state index >= 15 is 0 Å². The van der Waals surface area contributed by atoms with Crippen LogP contribution in [0.5, 0.6) is 11.5 Å². The number of ether oxygens (including phenoxy) is 7. The summed E-state index contributed by atoms with van der Waals surface area (Å²) in [6.07, 6.45) is -1.88. The van der Waals surface area contributed by atoms with E-state index in [1.54, 1.807) is 14.2 Å². The number of rotatable bonds is 23. The molecule has 0 saturated heterocycles. The number of carboxylic acids is 1. The summed E-state index contributed by atoms with van der Waals surface area (Å²) in [5, 5.41) is 23.6. The molecule has 0 bridgehead atoms. The Hall–Kier alpha value is -5.07. The van der Waals surface area contributed by atoms with Crippen LogP contribution < -0.4 is 9.47 Å². The van der Waals surface area contributed by atoms with Gasteiger partial charge in [0.25, 0.3) is 0 Å². The van der Waals surface area contributed by atoms with E-state index in [0.29, 0.717) is 11.5 Å². The normalized spacial score (nSPS) is 12.3. The Morgan fingerprint density at radius 1 is 0.537 bits per heavy atom. The summed E-state index contributed by atoms with van der Waals surface area (Å²) in [6.45, 7) is -0.520. The zero-order valence-corrected chi connectivity index (χ0v) is 30.7. The van der Waals surface area contributed by atoms with Gasteiger partial charge in [0.15, 0.2) is 11.7 Å². The molecule has 0 aliphatic rings. The third kappa shape index (κ3) is 11.7. The maximum atomic E-state index is 13.0. The predicted octanol–water partition coefficient (Wildman–Crippen LogP) is 7.36. The number of methoxy groups -OCH3 is 2. The highest BCUT2D eigenvalue weighted by Gasteiger charge is 2.56. The van der Waals surface area contributed by atoms with Gasteiger partial charge in [0.1, 0.15) is 11.5 Å². The fourth-order valence-electron chi connectivity index (χ4n) is 5.78. The largest absolute Gasteiger partial charge is 0.497 e. The molecule has 2 N–H and O–H groups in total. The second kappa shape index (κ2) is 20.4. The zero-order chi connectivity index (χ0) is 38.1. The molecule has 284 valence electrons. The van der Waals surface area contributed by atoms with Crippen LogP contribution in [0, 0.1) is 0 Å². The summed E-state index contributed by atoms with van der Waals surface area (Å²) in [5.41, 5.74) is 1.91. The average Bonchev–Trinajstić information content (AvgIpc) is 3.21. The Kier molecular flexibility index (Phi) is 15.2. The minimum absolute atomic E-state index is 0.00558. The summed E-state index contributed by atoms with van der Waals surface area (Å²) in [7, 11) is 3.19. The average molecular weight is 737 g/mol. The molecular formula is C44H48O10. The van der Waals surface area contributed by atoms with Crippen molar-refractivity contribution in [2.75, 3.05) is 27.4 Å².